The zero-order chi connectivity index (χ0) is 27.5. The van der Waals surface area contributed by atoms with Crippen LogP contribution >= 0.6 is 11.6 Å². The molecule has 202 valence electrons. The molecular formula is C26H34BClFN5O3Si. The molecule has 38 heavy (non-hydrogen) atoms. The fourth-order valence-electron chi connectivity index (χ4n) is 3.25. The van der Waals surface area contributed by atoms with Gasteiger partial charge in [-0.1, -0.05) is 38.4 Å². The summed E-state index contributed by atoms with van der Waals surface area (Å²) in [5.41, 5.74) is 2.19. The van der Waals surface area contributed by atoms with E-state index in [0.29, 0.717) is 35.3 Å². The standard InChI is InChI=1S/C26H34BClFN5O3Si/c1-17(15-36-38(5,6)26(2,3)4)37-23-13-19(10-11-21(23)28)32-25-30-14-22(29)24(33-25)31-18-8-7-9-20(12-18)34-27-16-35-27/h7-14,17,34H,15-16H2,1-6H3,(H2,30,31,32,33)/t17-/m0/s1. The Morgan fingerprint density at radius 3 is 2.55 bits per heavy atom. The van der Waals surface area contributed by atoms with E-state index in [4.69, 9.17) is 25.4 Å². The molecule has 0 bridgehead atoms. The molecule has 0 saturated carbocycles. The smallest absolute Gasteiger partial charge is 0.438 e. The second kappa shape index (κ2) is 11.5. The maximum atomic E-state index is 14.5. The van der Waals surface area contributed by atoms with Gasteiger partial charge in [-0.25, -0.2) is 9.37 Å². The second-order valence-corrected chi connectivity index (χ2v) is 16.0. The molecule has 1 atom stereocenters. The van der Waals surface area contributed by atoms with E-state index in [9.17, 15) is 4.39 Å². The quantitative estimate of drug-likeness (QED) is 0.171. The van der Waals surface area contributed by atoms with Crippen LogP contribution in [0, 0.1) is 5.82 Å². The van der Waals surface area contributed by atoms with E-state index >= 15 is 0 Å². The number of rotatable bonds is 11. The first-order valence-corrected chi connectivity index (χ1v) is 15.8. The largest absolute Gasteiger partial charge is 0.487 e. The SMILES string of the molecule is C[C@@H](CO[Si](C)(C)C(C)(C)C)Oc1cc(Nc2ncc(F)c(Nc3cccc(NB4CO4)c3)n2)ccc1Cl. The first-order chi connectivity index (χ1) is 17.9. The Morgan fingerprint density at radius 2 is 1.84 bits per heavy atom. The molecule has 12 heteroatoms. The van der Waals surface area contributed by atoms with E-state index in [1.807, 2.05) is 31.2 Å². The number of halogens is 2. The molecule has 0 spiro atoms. The Labute approximate surface area is 229 Å². The van der Waals surface area contributed by atoms with Crippen LogP contribution in [-0.2, 0) is 9.08 Å². The van der Waals surface area contributed by atoms with Crippen molar-refractivity contribution < 1.29 is 18.2 Å². The van der Waals surface area contributed by atoms with E-state index in [2.05, 4.69) is 59.7 Å². The number of aromatic nitrogens is 2. The molecule has 0 unspecified atom stereocenters. The highest BCUT2D eigenvalue weighted by Crippen LogP contribution is 2.37. The van der Waals surface area contributed by atoms with Crippen molar-refractivity contribution in [3.63, 3.8) is 0 Å². The molecule has 4 rings (SSSR count). The third kappa shape index (κ3) is 7.60. The van der Waals surface area contributed by atoms with Crippen LogP contribution < -0.4 is 20.6 Å². The van der Waals surface area contributed by atoms with Crippen LogP contribution in [0.4, 0.5) is 33.2 Å². The molecule has 2 aromatic carbocycles. The van der Waals surface area contributed by atoms with Crippen molar-refractivity contribution in [1.82, 2.24) is 9.97 Å². The highest BCUT2D eigenvalue weighted by atomic mass is 35.5. The van der Waals surface area contributed by atoms with Crippen molar-refractivity contribution in [2.24, 2.45) is 0 Å². The second-order valence-electron chi connectivity index (χ2n) is 10.8. The summed E-state index contributed by atoms with van der Waals surface area (Å²) in [6.07, 6.45) is 0.914. The Bertz CT molecular complexity index is 1280. The van der Waals surface area contributed by atoms with Crippen LogP contribution in [0.2, 0.25) is 23.2 Å². The highest BCUT2D eigenvalue weighted by molar-refractivity contribution is 6.74. The Balaban J connectivity index is 1.42. The molecule has 3 aromatic rings. The lowest BCUT2D eigenvalue weighted by atomic mass is 9.96. The molecule has 1 saturated heterocycles. The first kappa shape index (κ1) is 28.2. The average molecular weight is 558 g/mol. The zero-order valence-electron chi connectivity index (χ0n) is 22.6. The van der Waals surface area contributed by atoms with Crippen molar-refractivity contribution in [3.8, 4) is 5.75 Å². The fourth-order valence-corrected chi connectivity index (χ4v) is 4.50. The fraction of sp³-hybridized carbons (Fsp3) is 0.385. The van der Waals surface area contributed by atoms with Crippen molar-refractivity contribution in [2.75, 3.05) is 29.0 Å². The summed E-state index contributed by atoms with van der Waals surface area (Å²) in [6, 6.07) is 12.7. The third-order valence-electron chi connectivity index (χ3n) is 6.53. The lowest BCUT2D eigenvalue weighted by molar-refractivity contribution is 0.134. The zero-order valence-corrected chi connectivity index (χ0v) is 24.3. The minimum atomic E-state index is -1.89. The minimum Gasteiger partial charge on any atom is -0.487 e. The predicted octanol–water partition coefficient (Wildman–Crippen LogP) is 7.01. The molecule has 8 nitrogen and oxygen atoms in total. The minimum absolute atomic E-state index is 0.0257. The molecule has 0 amide bonds. The summed E-state index contributed by atoms with van der Waals surface area (Å²) in [5.74, 6) is 0.198. The van der Waals surface area contributed by atoms with Gasteiger partial charge in [-0.3, -0.25) is 0 Å². The first-order valence-electron chi connectivity index (χ1n) is 12.5. The van der Waals surface area contributed by atoms with Gasteiger partial charge in [-0.15, -0.1) is 0 Å². The van der Waals surface area contributed by atoms with Crippen LogP contribution in [0.15, 0.2) is 48.7 Å². The molecule has 1 aromatic heterocycles. The summed E-state index contributed by atoms with van der Waals surface area (Å²) in [4.78, 5) is 8.39. The van der Waals surface area contributed by atoms with Gasteiger partial charge in [0.1, 0.15) is 11.9 Å². The summed E-state index contributed by atoms with van der Waals surface area (Å²) < 4.78 is 32.1. The number of hydrogen-bond donors (Lipinski definition) is 3. The normalized spacial score (nSPS) is 14.2. The number of nitrogens with zero attached hydrogens (tertiary/aromatic N) is 2. The molecule has 0 radical (unpaired) electrons. The van der Waals surface area contributed by atoms with Gasteiger partial charge in [0.2, 0.25) is 5.95 Å². The van der Waals surface area contributed by atoms with Crippen LogP contribution in [0.25, 0.3) is 0 Å². The van der Waals surface area contributed by atoms with Crippen LogP contribution in [0.1, 0.15) is 27.7 Å². The molecule has 1 aliphatic rings. The van der Waals surface area contributed by atoms with Crippen LogP contribution in [0.5, 0.6) is 5.75 Å². The maximum absolute atomic E-state index is 14.5. The van der Waals surface area contributed by atoms with Gasteiger partial charge < -0.3 is 29.7 Å². The molecule has 1 aliphatic heterocycles. The van der Waals surface area contributed by atoms with Gasteiger partial charge in [-0.05, 0) is 55.4 Å². The summed E-state index contributed by atoms with van der Waals surface area (Å²) in [5, 5.41) is 9.92. The van der Waals surface area contributed by atoms with Gasteiger partial charge in [0.25, 0.3) is 0 Å². The van der Waals surface area contributed by atoms with Crippen LogP contribution in [0.3, 0.4) is 0 Å². The highest BCUT2D eigenvalue weighted by Gasteiger charge is 2.37. The molecular weight excluding hydrogens is 524 g/mol. The number of anilines is 5. The summed E-state index contributed by atoms with van der Waals surface area (Å²) in [6.45, 7) is 14.1. The van der Waals surface area contributed by atoms with Crippen LogP contribution in [-0.4, -0.2) is 44.6 Å². The summed E-state index contributed by atoms with van der Waals surface area (Å²) >= 11 is 6.40. The molecule has 0 aliphatic carbocycles. The monoisotopic (exact) mass is 557 g/mol. The van der Waals surface area contributed by atoms with E-state index in [1.54, 1.807) is 18.2 Å². The van der Waals surface area contributed by atoms with E-state index in [1.165, 1.54) is 0 Å². The average Bonchev–Trinajstić information content (AvgIpc) is 3.66. The van der Waals surface area contributed by atoms with E-state index < -0.39 is 14.1 Å². The van der Waals surface area contributed by atoms with Gasteiger partial charge in [0.05, 0.1) is 24.3 Å². The van der Waals surface area contributed by atoms with E-state index in [-0.39, 0.29) is 30.0 Å². The number of hydrogen-bond acceptors (Lipinski definition) is 8. The lowest BCUT2D eigenvalue weighted by Gasteiger charge is -2.36. The van der Waals surface area contributed by atoms with Gasteiger partial charge in [0, 0.05) is 23.1 Å². The molecule has 1 fully saturated rings. The van der Waals surface area contributed by atoms with E-state index in [0.717, 1.165) is 11.9 Å². The van der Waals surface area contributed by atoms with Crippen molar-refractivity contribution in [3.05, 3.63) is 59.5 Å². The Hall–Kier alpha value is -2.86. The van der Waals surface area contributed by atoms with Gasteiger partial charge in [0.15, 0.2) is 20.0 Å². The number of benzene rings is 2. The maximum Gasteiger partial charge on any atom is 0.438 e. The third-order valence-corrected chi connectivity index (χ3v) is 11.3. The summed E-state index contributed by atoms with van der Waals surface area (Å²) in [7, 11) is -1.87. The van der Waals surface area contributed by atoms with Crippen molar-refractivity contribution in [2.45, 2.75) is 51.9 Å². The Kier molecular flexibility index (Phi) is 8.51. The predicted molar refractivity (Wildman–Crippen MR) is 155 cm³/mol. The van der Waals surface area contributed by atoms with Gasteiger partial charge >= 0.3 is 7.05 Å². The molecule has 2 heterocycles. The number of nitrogens with one attached hydrogen (secondary N) is 3. The van der Waals surface area contributed by atoms with Gasteiger partial charge in [-0.2, -0.15) is 4.98 Å². The lowest BCUT2D eigenvalue weighted by Crippen LogP contribution is -2.43. The molecule has 3 N–H and O–H groups in total. The van der Waals surface area contributed by atoms with Crippen molar-refractivity contribution >= 4 is 55.8 Å². The van der Waals surface area contributed by atoms with Crippen molar-refractivity contribution in [1.29, 1.82) is 0 Å². The Morgan fingerprint density at radius 1 is 1.13 bits per heavy atom. The number of ether oxygens (including phenoxy) is 1. The topological polar surface area (TPSA) is 92.9 Å².